The lowest BCUT2D eigenvalue weighted by Crippen LogP contribution is -2.25. The Morgan fingerprint density at radius 2 is 2.00 bits per heavy atom. The summed E-state index contributed by atoms with van der Waals surface area (Å²) < 4.78 is 38.5. The molecule has 114 valence electrons. The van der Waals surface area contributed by atoms with E-state index in [1.807, 2.05) is 6.92 Å². The van der Waals surface area contributed by atoms with Crippen molar-refractivity contribution in [2.45, 2.75) is 19.5 Å². The minimum absolute atomic E-state index is 0.123. The van der Waals surface area contributed by atoms with Gasteiger partial charge in [0.25, 0.3) is 0 Å². The second kappa shape index (κ2) is 6.59. The number of carbonyl (C=O) groups is 1. The third-order valence-electron chi connectivity index (χ3n) is 3.06. The van der Waals surface area contributed by atoms with Crippen molar-refractivity contribution >= 4 is 11.6 Å². The smallest absolute Gasteiger partial charge is 0.400 e. The van der Waals surface area contributed by atoms with Gasteiger partial charge in [-0.1, -0.05) is 6.92 Å². The summed E-state index contributed by atoms with van der Waals surface area (Å²) in [6.45, 7) is 2.27. The SMILES string of the molecule is CC1CC(=O)N(c2ccc(C#N)c(C(F)(F)F)c2)C1.CO. The molecular formula is C14H15F3N2O2. The molecule has 1 saturated heterocycles. The molecule has 0 bridgehead atoms. The molecule has 1 unspecified atom stereocenters. The van der Waals surface area contributed by atoms with Crippen molar-refractivity contribution in [2.75, 3.05) is 18.6 Å². The summed E-state index contributed by atoms with van der Waals surface area (Å²) in [6, 6.07) is 4.87. The second-order valence-corrected chi connectivity index (χ2v) is 4.65. The van der Waals surface area contributed by atoms with Crippen molar-refractivity contribution in [2.24, 2.45) is 5.92 Å². The molecule has 1 N–H and O–H groups in total. The van der Waals surface area contributed by atoms with Gasteiger partial charge in [-0.25, -0.2) is 0 Å². The fraction of sp³-hybridized carbons (Fsp3) is 0.429. The van der Waals surface area contributed by atoms with E-state index < -0.39 is 17.3 Å². The number of carbonyl (C=O) groups excluding carboxylic acids is 1. The molecule has 1 fully saturated rings. The Labute approximate surface area is 120 Å². The zero-order chi connectivity index (χ0) is 16.2. The van der Waals surface area contributed by atoms with Crippen LogP contribution in [0.15, 0.2) is 18.2 Å². The predicted octanol–water partition coefficient (Wildman–Crippen LogP) is 2.56. The number of rotatable bonds is 1. The third-order valence-corrected chi connectivity index (χ3v) is 3.06. The van der Waals surface area contributed by atoms with Crippen LogP contribution >= 0.6 is 0 Å². The highest BCUT2D eigenvalue weighted by Gasteiger charge is 2.35. The van der Waals surface area contributed by atoms with E-state index in [9.17, 15) is 18.0 Å². The Bertz CT molecular complexity index is 564. The van der Waals surface area contributed by atoms with Crippen LogP contribution in [0.25, 0.3) is 0 Å². The molecule has 1 amide bonds. The molecule has 0 aliphatic carbocycles. The minimum atomic E-state index is -4.60. The van der Waals surface area contributed by atoms with Crippen LogP contribution in [0.4, 0.5) is 18.9 Å². The lowest BCUT2D eigenvalue weighted by molar-refractivity contribution is -0.137. The van der Waals surface area contributed by atoms with E-state index in [-0.39, 0.29) is 17.5 Å². The van der Waals surface area contributed by atoms with Gasteiger partial charge in [0.2, 0.25) is 5.91 Å². The Hall–Kier alpha value is -2.07. The normalized spacial score (nSPS) is 18.0. The number of alkyl halides is 3. The van der Waals surface area contributed by atoms with E-state index in [4.69, 9.17) is 10.4 Å². The highest BCUT2D eigenvalue weighted by atomic mass is 19.4. The number of hydrogen-bond donors (Lipinski definition) is 1. The van der Waals surface area contributed by atoms with Crippen molar-refractivity contribution in [1.82, 2.24) is 0 Å². The number of benzene rings is 1. The Kier molecular flexibility index (Phi) is 5.33. The van der Waals surface area contributed by atoms with Crippen LogP contribution in [-0.2, 0) is 11.0 Å². The first kappa shape index (κ1) is 17.0. The number of halogens is 3. The second-order valence-electron chi connectivity index (χ2n) is 4.65. The highest BCUT2D eigenvalue weighted by molar-refractivity contribution is 5.95. The molecule has 1 aliphatic heterocycles. The molecule has 1 heterocycles. The molecule has 1 aromatic rings. The van der Waals surface area contributed by atoms with Crippen molar-refractivity contribution in [3.05, 3.63) is 29.3 Å². The molecule has 4 nitrogen and oxygen atoms in total. The molecule has 1 aromatic carbocycles. The van der Waals surface area contributed by atoms with E-state index in [2.05, 4.69) is 0 Å². The van der Waals surface area contributed by atoms with Gasteiger partial charge < -0.3 is 10.0 Å². The first-order chi connectivity index (χ1) is 9.82. The monoisotopic (exact) mass is 300 g/mol. The predicted molar refractivity (Wildman–Crippen MR) is 70.4 cm³/mol. The van der Waals surface area contributed by atoms with Gasteiger partial charge in [-0.3, -0.25) is 4.79 Å². The van der Waals surface area contributed by atoms with Gasteiger partial charge in [0.05, 0.1) is 17.2 Å². The van der Waals surface area contributed by atoms with Crippen molar-refractivity contribution in [3.63, 3.8) is 0 Å². The zero-order valence-corrected chi connectivity index (χ0v) is 11.6. The van der Waals surface area contributed by atoms with Crippen LogP contribution in [0.1, 0.15) is 24.5 Å². The van der Waals surface area contributed by atoms with E-state index >= 15 is 0 Å². The standard InChI is InChI=1S/C13H11F3N2O.CH4O/c1-8-4-12(19)18(7-8)10-3-2-9(6-17)11(5-10)13(14,15)16;1-2/h2-3,5,8H,4,7H2,1H3;2H,1H3. The molecule has 1 aliphatic rings. The fourth-order valence-electron chi connectivity index (χ4n) is 2.17. The number of nitriles is 1. The number of aliphatic hydroxyl groups is 1. The maximum atomic E-state index is 12.8. The number of aliphatic hydroxyl groups excluding tert-OH is 1. The number of amides is 1. The minimum Gasteiger partial charge on any atom is -0.400 e. The van der Waals surface area contributed by atoms with Crippen LogP contribution < -0.4 is 4.90 Å². The Morgan fingerprint density at radius 3 is 2.43 bits per heavy atom. The summed E-state index contributed by atoms with van der Waals surface area (Å²) in [5.41, 5.74) is -1.24. The number of nitrogens with zero attached hydrogens (tertiary/aromatic N) is 2. The van der Waals surface area contributed by atoms with Crippen molar-refractivity contribution in [1.29, 1.82) is 5.26 Å². The number of hydrogen-bond acceptors (Lipinski definition) is 3. The van der Waals surface area contributed by atoms with Crippen LogP contribution in [0, 0.1) is 17.2 Å². The third kappa shape index (κ3) is 3.73. The van der Waals surface area contributed by atoms with Crippen molar-refractivity contribution < 1.29 is 23.1 Å². The molecular weight excluding hydrogens is 285 g/mol. The fourth-order valence-corrected chi connectivity index (χ4v) is 2.17. The van der Waals surface area contributed by atoms with Gasteiger partial charge in [0, 0.05) is 25.8 Å². The van der Waals surface area contributed by atoms with Gasteiger partial charge in [-0.2, -0.15) is 18.4 Å². The van der Waals surface area contributed by atoms with E-state index in [0.29, 0.717) is 13.0 Å². The summed E-state index contributed by atoms with van der Waals surface area (Å²) in [5.74, 6) is -0.0668. The van der Waals surface area contributed by atoms with Gasteiger partial charge in [-0.05, 0) is 24.1 Å². The van der Waals surface area contributed by atoms with Gasteiger partial charge >= 0.3 is 6.18 Å². The summed E-state index contributed by atoms with van der Waals surface area (Å²) in [4.78, 5) is 13.0. The summed E-state index contributed by atoms with van der Waals surface area (Å²) in [7, 11) is 1.00. The maximum Gasteiger partial charge on any atom is 0.417 e. The average Bonchev–Trinajstić information content (AvgIpc) is 2.78. The lowest BCUT2D eigenvalue weighted by atomic mass is 10.1. The Morgan fingerprint density at radius 1 is 1.38 bits per heavy atom. The highest BCUT2D eigenvalue weighted by Crippen LogP contribution is 2.35. The maximum absolute atomic E-state index is 12.8. The summed E-state index contributed by atoms with van der Waals surface area (Å²) in [6.07, 6.45) is -4.27. The summed E-state index contributed by atoms with van der Waals surface area (Å²) in [5, 5.41) is 15.7. The molecule has 1 atom stereocenters. The van der Waals surface area contributed by atoms with E-state index in [1.54, 1.807) is 0 Å². The summed E-state index contributed by atoms with van der Waals surface area (Å²) >= 11 is 0. The topological polar surface area (TPSA) is 64.3 Å². The molecule has 0 radical (unpaired) electrons. The van der Waals surface area contributed by atoms with Gasteiger partial charge in [0.1, 0.15) is 0 Å². The molecule has 2 rings (SSSR count). The average molecular weight is 300 g/mol. The molecule has 0 spiro atoms. The van der Waals surface area contributed by atoms with E-state index in [0.717, 1.165) is 19.2 Å². The molecule has 0 saturated carbocycles. The van der Waals surface area contributed by atoms with Crippen LogP contribution in [0.2, 0.25) is 0 Å². The first-order valence-corrected chi connectivity index (χ1v) is 6.19. The van der Waals surface area contributed by atoms with Crippen molar-refractivity contribution in [3.8, 4) is 6.07 Å². The molecule has 0 aromatic heterocycles. The lowest BCUT2D eigenvalue weighted by Gasteiger charge is -2.18. The van der Waals surface area contributed by atoms with Crippen LogP contribution in [-0.4, -0.2) is 24.7 Å². The quantitative estimate of drug-likeness (QED) is 0.867. The number of anilines is 1. The first-order valence-electron chi connectivity index (χ1n) is 6.19. The molecule has 7 heteroatoms. The van der Waals surface area contributed by atoms with E-state index in [1.165, 1.54) is 17.0 Å². The zero-order valence-electron chi connectivity index (χ0n) is 11.6. The van der Waals surface area contributed by atoms with Gasteiger partial charge in [0.15, 0.2) is 0 Å². The van der Waals surface area contributed by atoms with Gasteiger partial charge in [-0.15, -0.1) is 0 Å². The largest absolute Gasteiger partial charge is 0.417 e. The van der Waals surface area contributed by atoms with Crippen LogP contribution in [0.5, 0.6) is 0 Å². The van der Waals surface area contributed by atoms with Crippen LogP contribution in [0.3, 0.4) is 0 Å². The molecule has 21 heavy (non-hydrogen) atoms. The Balaban J connectivity index is 0.00000106.